The molecule has 0 radical (unpaired) electrons. The smallest absolute Gasteiger partial charge is 0.0717 e. The molecule has 2 unspecified atom stereocenters. The SMILES string of the molecule is CNC1c2ccccc2CCC1n1cc(C)cn1. The van der Waals surface area contributed by atoms with Gasteiger partial charge in [-0.05, 0) is 43.5 Å². The maximum atomic E-state index is 4.49. The largest absolute Gasteiger partial charge is 0.311 e. The second-order valence-corrected chi connectivity index (χ2v) is 5.07. The summed E-state index contributed by atoms with van der Waals surface area (Å²) in [7, 11) is 2.04. The van der Waals surface area contributed by atoms with Crippen LogP contribution < -0.4 is 5.32 Å². The van der Waals surface area contributed by atoms with Gasteiger partial charge in [0, 0.05) is 6.20 Å². The van der Waals surface area contributed by atoms with E-state index in [-0.39, 0.29) is 0 Å². The zero-order valence-corrected chi connectivity index (χ0v) is 10.9. The second-order valence-electron chi connectivity index (χ2n) is 5.07. The molecule has 94 valence electrons. The monoisotopic (exact) mass is 241 g/mol. The van der Waals surface area contributed by atoms with Crippen LogP contribution in [0.4, 0.5) is 0 Å². The summed E-state index contributed by atoms with van der Waals surface area (Å²) in [6.07, 6.45) is 6.36. The topological polar surface area (TPSA) is 29.9 Å². The van der Waals surface area contributed by atoms with Crippen LogP contribution in [-0.2, 0) is 6.42 Å². The van der Waals surface area contributed by atoms with Crippen LogP contribution in [0.2, 0.25) is 0 Å². The molecule has 1 aliphatic carbocycles. The molecule has 0 aliphatic heterocycles. The first-order valence-electron chi connectivity index (χ1n) is 6.55. The van der Waals surface area contributed by atoms with Gasteiger partial charge in [0.15, 0.2) is 0 Å². The number of aromatic nitrogens is 2. The maximum Gasteiger partial charge on any atom is 0.0717 e. The molecular formula is C15H19N3. The van der Waals surface area contributed by atoms with Gasteiger partial charge in [0.2, 0.25) is 0 Å². The first-order chi connectivity index (χ1) is 8.79. The average molecular weight is 241 g/mol. The number of aryl methyl sites for hydroxylation is 2. The predicted octanol–water partition coefficient (Wildman–Crippen LogP) is 2.64. The Balaban J connectivity index is 1.99. The third-order valence-corrected chi connectivity index (χ3v) is 3.87. The summed E-state index contributed by atoms with van der Waals surface area (Å²) in [6.45, 7) is 2.09. The Hall–Kier alpha value is -1.61. The molecule has 3 rings (SSSR count). The molecule has 18 heavy (non-hydrogen) atoms. The minimum Gasteiger partial charge on any atom is -0.311 e. The lowest BCUT2D eigenvalue weighted by Gasteiger charge is -2.33. The number of hydrogen-bond donors (Lipinski definition) is 1. The number of benzene rings is 1. The fourth-order valence-corrected chi connectivity index (χ4v) is 2.99. The summed E-state index contributed by atoms with van der Waals surface area (Å²) < 4.78 is 2.12. The molecule has 3 nitrogen and oxygen atoms in total. The molecular weight excluding hydrogens is 222 g/mol. The molecule has 0 bridgehead atoms. The van der Waals surface area contributed by atoms with Crippen molar-refractivity contribution in [2.45, 2.75) is 31.8 Å². The van der Waals surface area contributed by atoms with Crippen molar-refractivity contribution in [1.29, 1.82) is 0 Å². The van der Waals surface area contributed by atoms with Crippen molar-refractivity contribution in [3.63, 3.8) is 0 Å². The van der Waals surface area contributed by atoms with Crippen molar-refractivity contribution >= 4 is 0 Å². The molecule has 1 N–H and O–H groups in total. The first kappa shape index (κ1) is 11.5. The van der Waals surface area contributed by atoms with Crippen LogP contribution in [0.15, 0.2) is 36.7 Å². The van der Waals surface area contributed by atoms with E-state index in [1.165, 1.54) is 16.7 Å². The summed E-state index contributed by atoms with van der Waals surface area (Å²) in [5.41, 5.74) is 4.12. The standard InChI is InChI=1S/C15H19N3/c1-11-9-17-18(10-11)14-8-7-12-5-3-4-6-13(12)15(14)16-2/h3-6,9-10,14-16H,7-8H2,1-2H3. The van der Waals surface area contributed by atoms with Crippen LogP contribution in [0, 0.1) is 6.92 Å². The highest BCUT2D eigenvalue weighted by molar-refractivity contribution is 5.33. The Labute approximate surface area is 108 Å². The first-order valence-corrected chi connectivity index (χ1v) is 6.55. The van der Waals surface area contributed by atoms with Gasteiger partial charge in [-0.2, -0.15) is 5.10 Å². The van der Waals surface area contributed by atoms with Crippen molar-refractivity contribution in [1.82, 2.24) is 15.1 Å². The molecule has 2 aromatic rings. The van der Waals surface area contributed by atoms with Crippen molar-refractivity contribution in [3.05, 3.63) is 53.3 Å². The Morgan fingerprint density at radius 2 is 2.17 bits per heavy atom. The molecule has 0 spiro atoms. The zero-order valence-electron chi connectivity index (χ0n) is 10.9. The normalized spacial score (nSPS) is 22.8. The molecule has 1 heterocycles. The molecule has 0 amide bonds. The van der Waals surface area contributed by atoms with E-state index < -0.39 is 0 Å². The molecule has 1 aromatic heterocycles. The third-order valence-electron chi connectivity index (χ3n) is 3.87. The second kappa shape index (κ2) is 4.58. The van der Waals surface area contributed by atoms with E-state index in [1.54, 1.807) is 0 Å². The van der Waals surface area contributed by atoms with E-state index >= 15 is 0 Å². The minimum absolute atomic E-state index is 0.356. The van der Waals surface area contributed by atoms with Crippen LogP contribution in [0.25, 0.3) is 0 Å². The number of likely N-dealkylation sites (N-methyl/N-ethyl adjacent to an activating group) is 1. The van der Waals surface area contributed by atoms with E-state index in [4.69, 9.17) is 0 Å². The van der Waals surface area contributed by atoms with E-state index in [0.717, 1.165) is 12.8 Å². The summed E-state index contributed by atoms with van der Waals surface area (Å²) in [6, 6.07) is 9.50. The number of nitrogens with one attached hydrogen (secondary N) is 1. The number of rotatable bonds is 2. The van der Waals surface area contributed by atoms with Crippen molar-refractivity contribution in [3.8, 4) is 0 Å². The van der Waals surface area contributed by atoms with Crippen LogP contribution in [0.5, 0.6) is 0 Å². The highest BCUT2D eigenvalue weighted by Gasteiger charge is 2.29. The van der Waals surface area contributed by atoms with Crippen LogP contribution >= 0.6 is 0 Å². The minimum atomic E-state index is 0.356. The number of fused-ring (bicyclic) bond motifs is 1. The van der Waals surface area contributed by atoms with Gasteiger partial charge in [0.25, 0.3) is 0 Å². The highest BCUT2D eigenvalue weighted by atomic mass is 15.3. The molecule has 0 saturated carbocycles. The average Bonchev–Trinajstić information content (AvgIpc) is 2.84. The summed E-state index contributed by atoms with van der Waals surface area (Å²) in [5, 5.41) is 7.94. The quantitative estimate of drug-likeness (QED) is 0.876. The molecule has 1 aromatic carbocycles. The lowest BCUT2D eigenvalue weighted by molar-refractivity contribution is 0.309. The lowest BCUT2D eigenvalue weighted by atomic mass is 9.84. The van der Waals surface area contributed by atoms with Gasteiger partial charge in [-0.25, -0.2) is 0 Å². The van der Waals surface area contributed by atoms with Crippen molar-refractivity contribution < 1.29 is 0 Å². The highest BCUT2D eigenvalue weighted by Crippen LogP contribution is 2.36. The number of hydrogen-bond acceptors (Lipinski definition) is 2. The van der Waals surface area contributed by atoms with Gasteiger partial charge in [-0.3, -0.25) is 4.68 Å². The summed E-state index contributed by atoms with van der Waals surface area (Å²) in [4.78, 5) is 0. The van der Waals surface area contributed by atoms with Crippen molar-refractivity contribution in [2.24, 2.45) is 0 Å². The lowest BCUT2D eigenvalue weighted by Crippen LogP contribution is -2.32. The van der Waals surface area contributed by atoms with Gasteiger partial charge < -0.3 is 5.32 Å². The Morgan fingerprint density at radius 1 is 1.33 bits per heavy atom. The third kappa shape index (κ3) is 1.85. The van der Waals surface area contributed by atoms with Crippen molar-refractivity contribution in [2.75, 3.05) is 7.05 Å². The van der Waals surface area contributed by atoms with Gasteiger partial charge in [0.1, 0.15) is 0 Å². The molecule has 3 heteroatoms. The summed E-state index contributed by atoms with van der Waals surface area (Å²) >= 11 is 0. The fraction of sp³-hybridized carbons (Fsp3) is 0.400. The van der Waals surface area contributed by atoms with Crippen LogP contribution in [0.1, 0.15) is 35.2 Å². The predicted molar refractivity (Wildman–Crippen MR) is 72.6 cm³/mol. The molecule has 2 atom stereocenters. The number of nitrogens with zero attached hydrogens (tertiary/aromatic N) is 2. The van der Waals surface area contributed by atoms with Gasteiger partial charge in [-0.15, -0.1) is 0 Å². The Bertz CT molecular complexity index is 544. The van der Waals surface area contributed by atoms with E-state index in [0.29, 0.717) is 12.1 Å². The van der Waals surface area contributed by atoms with E-state index in [9.17, 15) is 0 Å². The van der Waals surface area contributed by atoms with E-state index in [2.05, 4.69) is 52.5 Å². The van der Waals surface area contributed by atoms with Gasteiger partial charge in [-0.1, -0.05) is 24.3 Å². The molecule has 0 fully saturated rings. The maximum absolute atomic E-state index is 4.49. The summed E-state index contributed by atoms with van der Waals surface area (Å²) in [5.74, 6) is 0. The van der Waals surface area contributed by atoms with Gasteiger partial charge >= 0.3 is 0 Å². The molecule has 1 aliphatic rings. The Morgan fingerprint density at radius 3 is 2.89 bits per heavy atom. The zero-order chi connectivity index (χ0) is 12.5. The fourth-order valence-electron chi connectivity index (χ4n) is 2.99. The molecule has 0 saturated heterocycles. The van der Waals surface area contributed by atoms with Crippen LogP contribution in [-0.4, -0.2) is 16.8 Å². The van der Waals surface area contributed by atoms with E-state index in [1.807, 2.05) is 13.2 Å². The van der Waals surface area contributed by atoms with Gasteiger partial charge in [0.05, 0.1) is 18.3 Å². The van der Waals surface area contributed by atoms with Crippen LogP contribution in [0.3, 0.4) is 0 Å². The Kier molecular flexibility index (Phi) is 2.92.